The molecule has 1 N–H and O–H groups in total. The molecule has 1 aromatic heterocycles. The van der Waals surface area contributed by atoms with Crippen LogP contribution < -0.4 is 5.32 Å². The molecule has 3 nitrogen and oxygen atoms in total. The first-order valence-electron chi connectivity index (χ1n) is 4.02. The van der Waals surface area contributed by atoms with E-state index in [0.717, 1.165) is 25.1 Å². The molecule has 0 aliphatic rings. The van der Waals surface area contributed by atoms with Crippen molar-refractivity contribution in [1.82, 2.24) is 10.5 Å². The zero-order valence-electron chi connectivity index (χ0n) is 6.84. The topological polar surface area (TPSA) is 38.1 Å². The van der Waals surface area contributed by atoms with Gasteiger partial charge in [-0.2, -0.15) is 0 Å². The van der Waals surface area contributed by atoms with E-state index < -0.39 is 0 Å². The second-order valence-electron chi connectivity index (χ2n) is 2.53. The molecule has 0 atom stereocenters. The average molecular weight is 154 g/mol. The summed E-state index contributed by atoms with van der Waals surface area (Å²) in [6.07, 6.45) is 5.63. The van der Waals surface area contributed by atoms with Crippen molar-refractivity contribution in [2.75, 3.05) is 13.1 Å². The molecule has 0 bridgehead atoms. The largest absolute Gasteiger partial charge is 0.364 e. The molecule has 0 aliphatic carbocycles. The Morgan fingerprint density at radius 3 is 3.09 bits per heavy atom. The summed E-state index contributed by atoms with van der Waals surface area (Å²) < 4.78 is 4.69. The van der Waals surface area contributed by atoms with E-state index in [4.69, 9.17) is 4.52 Å². The summed E-state index contributed by atoms with van der Waals surface area (Å²) in [6.45, 7) is 4.26. The lowest BCUT2D eigenvalue weighted by Gasteiger charge is -1.98. The molecule has 1 rings (SSSR count). The maximum Gasteiger partial charge on any atom is 0.127 e. The van der Waals surface area contributed by atoms with Crippen molar-refractivity contribution in [2.45, 2.75) is 19.8 Å². The van der Waals surface area contributed by atoms with Crippen molar-refractivity contribution in [1.29, 1.82) is 0 Å². The lowest BCUT2D eigenvalue weighted by molar-refractivity contribution is 0.418. The van der Waals surface area contributed by atoms with Crippen LogP contribution in [0.1, 0.15) is 18.9 Å². The highest BCUT2D eigenvalue weighted by molar-refractivity contribution is 5.00. The van der Waals surface area contributed by atoms with Gasteiger partial charge in [-0.05, 0) is 25.9 Å². The number of hydrogen-bond acceptors (Lipinski definition) is 3. The van der Waals surface area contributed by atoms with E-state index in [0.29, 0.717) is 0 Å². The third kappa shape index (κ3) is 3.18. The zero-order valence-corrected chi connectivity index (χ0v) is 6.84. The molecule has 0 aromatic carbocycles. The molecule has 0 saturated heterocycles. The third-order valence-corrected chi connectivity index (χ3v) is 1.50. The molecule has 0 saturated carbocycles. The SMILES string of the molecule is CCCNCCc1cnoc1. The van der Waals surface area contributed by atoms with Gasteiger partial charge in [0.25, 0.3) is 0 Å². The molecule has 0 aliphatic heterocycles. The van der Waals surface area contributed by atoms with Gasteiger partial charge in [0.1, 0.15) is 6.26 Å². The van der Waals surface area contributed by atoms with Crippen LogP contribution >= 0.6 is 0 Å². The van der Waals surface area contributed by atoms with Crippen LogP contribution in [0.2, 0.25) is 0 Å². The minimum absolute atomic E-state index is 1.00. The summed E-state index contributed by atoms with van der Waals surface area (Å²) in [5.74, 6) is 0. The Morgan fingerprint density at radius 2 is 2.45 bits per heavy atom. The Morgan fingerprint density at radius 1 is 1.55 bits per heavy atom. The number of hydrogen-bond donors (Lipinski definition) is 1. The Bertz CT molecular complexity index is 172. The highest BCUT2D eigenvalue weighted by atomic mass is 16.5. The molecular formula is C8H14N2O. The zero-order chi connectivity index (χ0) is 7.94. The fraction of sp³-hybridized carbons (Fsp3) is 0.625. The molecule has 0 spiro atoms. The van der Waals surface area contributed by atoms with Crippen LogP contribution in [-0.2, 0) is 6.42 Å². The van der Waals surface area contributed by atoms with Gasteiger partial charge >= 0.3 is 0 Å². The molecule has 3 heteroatoms. The Kier molecular flexibility index (Phi) is 3.69. The van der Waals surface area contributed by atoms with Crippen molar-refractivity contribution in [3.05, 3.63) is 18.0 Å². The van der Waals surface area contributed by atoms with Gasteiger partial charge in [-0.1, -0.05) is 12.1 Å². The van der Waals surface area contributed by atoms with Crippen molar-refractivity contribution < 1.29 is 4.52 Å². The minimum atomic E-state index is 1.00. The van der Waals surface area contributed by atoms with Gasteiger partial charge in [-0.15, -0.1) is 0 Å². The Balaban J connectivity index is 2.04. The standard InChI is InChI=1S/C8H14N2O/c1-2-4-9-5-3-8-6-10-11-7-8/h6-7,9H,2-5H2,1H3. The molecule has 11 heavy (non-hydrogen) atoms. The fourth-order valence-corrected chi connectivity index (χ4v) is 0.885. The van der Waals surface area contributed by atoms with Crippen molar-refractivity contribution in [3.8, 4) is 0 Å². The fourth-order valence-electron chi connectivity index (χ4n) is 0.885. The van der Waals surface area contributed by atoms with Gasteiger partial charge in [0.15, 0.2) is 0 Å². The smallest absolute Gasteiger partial charge is 0.127 e. The van der Waals surface area contributed by atoms with E-state index in [-0.39, 0.29) is 0 Å². The number of aromatic nitrogens is 1. The van der Waals surface area contributed by atoms with Crippen LogP contribution in [-0.4, -0.2) is 18.2 Å². The molecule has 0 fully saturated rings. The van der Waals surface area contributed by atoms with Crippen LogP contribution in [0.25, 0.3) is 0 Å². The predicted octanol–water partition coefficient (Wildman–Crippen LogP) is 1.22. The first-order valence-corrected chi connectivity index (χ1v) is 4.02. The van der Waals surface area contributed by atoms with E-state index in [2.05, 4.69) is 17.4 Å². The summed E-state index contributed by atoms with van der Waals surface area (Å²) in [4.78, 5) is 0. The van der Waals surface area contributed by atoms with Crippen LogP contribution in [0.5, 0.6) is 0 Å². The molecule has 0 radical (unpaired) electrons. The van der Waals surface area contributed by atoms with E-state index in [9.17, 15) is 0 Å². The quantitative estimate of drug-likeness (QED) is 0.648. The van der Waals surface area contributed by atoms with E-state index >= 15 is 0 Å². The van der Waals surface area contributed by atoms with Crippen LogP contribution in [0.3, 0.4) is 0 Å². The van der Waals surface area contributed by atoms with E-state index in [1.165, 1.54) is 6.42 Å². The average Bonchev–Trinajstić information content (AvgIpc) is 2.50. The van der Waals surface area contributed by atoms with Gasteiger partial charge < -0.3 is 9.84 Å². The Hall–Kier alpha value is -0.830. The predicted molar refractivity (Wildman–Crippen MR) is 43.4 cm³/mol. The maximum absolute atomic E-state index is 4.69. The summed E-state index contributed by atoms with van der Waals surface area (Å²) in [7, 11) is 0. The summed E-state index contributed by atoms with van der Waals surface area (Å²) >= 11 is 0. The number of nitrogens with one attached hydrogen (secondary N) is 1. The summed E-state index contributed by atoms with van der Waals surface area (Å²) in [6, 6.07) is 0. The second kappa shape index (κ2) is 4.91. The monoisotopic (exact) mass is 154 g/mol. The number of rotatable bonds is 5. The van der Waals surface area contributed by atoms with Crippen molar-refractivity contribution in [2.24, 2.45) is 0 Å². The van der Waals surface area contributed by atoms with Gasteiger partial charge in [-0.25, -0.2) is 0 Å². The van der Waals surface area contributed by atoms with Gasteiger partial charge in [-0.3, -0.25) is 0 Å². The van der Waals surface area contributed by atoms with Gasteiger partial charge in [0, 0.05) is 5.56 Å². The first kappa shape index (κ1) is 8.27. The summed E-state index contributed by atoms with van der Waals surface area (Å²) in [5, 5.41) is 6.92. The molecular weight excluding hydrogens is 140 g/mol. The molecule has 1 aromatic rings. The molecule has 1 heterocycles. The second-order valence-corrected chi connectivity index (χ2v) is 2.53. The lowest BCUT2D eigenvalue weighted by atomic mass is 10.2. The van der Waals surface area contributed by atoms with Crippen molar-refractivity contribution >= 4 is 0 Å². The van der Waals surface area contributed by atoms with E-state index in [1.54, 1.807) is 12.5 Å². The van der Waals surface area contributed by atoms with Crippen LogP contribution in [0.4, 0.5) is 0 Å². The first-order chi connectivity index (χ1) is 5.43. The highest BCUT2D eigenvalue weighted by Crippen LogP contribution is 1.95. The molecule has 62 valence electrons. The van der Waals surface area contributed by atoms with Crippen LogP contribution in [0.15, 0.2) is 17.0 Å². The van der Waals surface area contributed by atoms with Gasteiger partial charge in [0.2, 0.25) is 0 Å². The lowest BCUT2D eigenvalue weighted by Crippen LogP contribution is -2.17. The minimum Gasteiger partial charge on any atom is -0.364 e. The maximum atomic E-state index is 4.69. The van der Waals surface area contributed by atoms with Gasteiger partial charge in [0.05, 0.1) is 6.20 Å². The van der Waals surface area contributed by atoms with Crippen molar-refractivity contribution in [3.63, 3.8) is 0 Å². The molecule has 0 unspecified atom stereocenters. The number of nitrogens with zero attached hydrogens (tertiary/aromatic N) is 1. The third-order valence-electron chi connectivity index (χ3n) is 1.50. The highest BCUT2D eigenvalue weighted by Gasteiger charge is 1.93. The normalized spacial score (nSPS) is 10.3. The Labute approximate surface area is 66.8 Å². The van der Waals surface area contributed by atoms with E-state index in [1.807, 2.05) is 0 Å². The molecule has 0 amide bonds. The summed E-state index contributed by atoms with van der Waals surface area (Å²) in [5.41, 5.74) is 1.16. The van der Waals surface area contributed by atoms with Crippen LogP contribution in [0, 0.1) is 0 Å².